The van der Waals surface area contributed by atoms with Crippen LogP contribution in [-0.4, -0.2) is 98.1 Å². The van der Waals surface area contributed by atoms with Crippen LogP contribution < -0.4 is 47.9 Å². The molecule has 3 saturated heterocycles. The maximum absolute atomic E-state index is 8.49. The molecule has 4 bridgehead atoms. The number of nitrogens with zero attached hydrogens (tertiary/aromatic N) is 4. The summed E-state index contributed by atoms with van der Waals surface area (Å²) in [5.41, 5.74) is 0. The van der Waals surface area contributed by atoms with Crippen LogP contribution >= 0.6 is 0 Å². The molecule has 0 aromatic heterocycles. The smallest absolute Gasteiger partial charge is 0.303 e. The molecule has 4 unspecified atom stereocenters. The van der Waals surface area contributed by atoms with Crippen LogP contribution in [-0.2, 0) is 17.1 Å². The van der Waals surface area contributed by atoms with E-state index in [0.717, 1.165) is 33.2 Å². The van der Waals surface area contributed by atoms with E-state index in [9.17, 15) is 0 Å². The molecule has 17 heteroatoms. The minimum Gasteiger partial charge on any atom is -0.303 e. The number of halogens is 2. The molecular weight excluding hydrogens is 503 g/mol. The van der Waals surface area contributed by atoms with Gasteiger partial charge in [-0.3, -0.25) is 19.6 Å². The van der Waals surface area contributed by atoms with Crippen molar-refractivity contribution in [3.8, 4) is 0 Å². The molecule has 0 aliphatic carbocycles. The average molecular weight is 531 g/mol. The first kappa shape index (κ1) is 30.5. The number of hydrogen-bond acceptors (Lipinski definition) is 14. The fourth-order valence-electron chi connectivity index (χ4n) is 3.12. The summed E-state index contributed by atoms with van der Waals surface area (Å²) in [4.78, 5) is 10.2. The van der Waals surface area contributed by atoms with Gasteiger partial charge in [0.15, 0.2) is 0 Å². The van der Waals surface area contributed by atoms with Crippen LogP contribution in [0.15, 0.2) is 0 Å². The molecule has 14 nitrogen and oxygen atoms in total. The molecular formula is C13H28Cl2CuN6O8. The van der Waals surface area contributed by atoms with Crippen LogP contribution in [0.4, 0.5) is 0 Å². The van der Waals surface area contributed by atoms with Crippen molar-refractivity contribution < 1.29 is 74.8 Å². The molecule has 3 aliphatic heterocycles. The first-order chi connectivity index (χ1) is 13.3. The van der Waals surface area contributed by atoms with Gasteiger partial charge in [0.1, 0.15) is 0 Å². The first-order valence-corrected chi connectivity index (χ1v) is 11.3. The Labute approximate surface area is 190 Å². The Hall–Kier alpha value is 0.539. The number of fused-ring (bicyclic) bond motifs is 4. The third-order valence-corrected chi connectivity index (χ3v) is 4.45. The van der Waals surface area contributed by atoms with E-state index in [2.05, 4.69) is 37.2 Å². The van der Waals surface area contributed by atoms with E-state index >= 15 is 0 Å². The van der Waals surface area contributed by atoms with Crippen LogP contribution in [0, 0.1) is 20.5 Å². The molecule has 3 aliphatic rings. The summed E-state index contributed by atoms with van der Waals surface area (Å²) in [7, 11) is -9.89. The van der Waals surface area contributed by atoms with Crippen molar-refractivity contribution in [2.45, 2.75) is 13.0 Å². The summed E-state index contributed by atoms with van der Waals surface area (Å²) in [6, 6.07) is 0.538. The largest absolute Gasteiger partial charge is 2.00 e. The monoisotopic (exact) mass is 529 g/mol. The second-order valence-corrected chi connectivity index (χ2v) is 8.45. The topological polar surface area (TPSA) is 222 Å². The Bertz CT molecular complexity index is 440. The van der Waals surface area contributed by atoms with Gasteiger partial charge in [0.25, 0.3) is 0 Å². The average Bonchev–Trinajstić information content (AvgIpc) is 3.16. The third-order valence-electron chi connectivity index (χ3n) is 4.45. The zero-order chi connectivity index (χ0) is 22.1. The van der Waals surface area contributed by atoms with Crippen LogP contribution in [0.2, 0.25) is 0 Å². The second kappa shape index (κ2) is 14.6. The molecule has 2 N–H and O–H groups in total. The third kappa shape index (κ3) is 18.1. The van der Waals surface area contributed by atoms with Crippen LogP contribution in [0.1, 0.15) is 6.92 Å². The Morgan fingerprint density at radius 3 is 1.37 bits per heavy atom. The summed E-state index contributed by atoms with van der Waals surface area (Å²) in [6.07, 6.45) is 0. The molecule has 3 rings (SSSR count). The quantitative estimate of drug-likeness (QED) is 0.277. The van der Waals surface area contributed by atoms with E-state index in [1.54, 1.807) is 0 Å². The fourth-order valence-corrected chi connectivity index (χ4v) is 3.12. The van der Waals surface area contributed by atoms with Crippen LogP contribution in [0.25, 0.3) is 0 Å². The van der Waals surface area contributed by atoms with Crippen molar-refractivity contribution >= 4 is 0 Å². The van der Waals surface area contributed by atoms with Gasteiger partial charge >= 0.3 is 17.1 Å². The van der Waals surface area contributed by atoms with E-state index < -0.39 is 20.5 Å². The van der Waals surface area contributed by atoms with Crippen molar-refractivity contribution in [2.24, 2.45) is 0 Å². The molecule has 0 saturated carbocycles. The van der Waals surface area contributed by atoms with Gasteiger partial charge in [-0.1, -0.05) is 0 Å². The molecule has 183 valence electrons. The fraction of sp³-hybridized carbons (Fsp3) is 1.00. The summed E-state index contributed by atoms with van der Waals surface area (Å²) in [5, 5.41) is 7.18. The summed E-state index contributed by atoms with van der Waals surface area (Å²) in [5.74, 6) is 0. The van der Waals surface area contributed by atoms with Crippen LogP contribution in [0.5, 0.6) is 0 Å². The molecule has 30 heavy (non-hydrogen) atoms. The van der Waals surface area contributed by atoms with Gasteiger partial charge in [0, 0.05) is 65.2 Å². The number of rotatable bonds is 0. The summed E-state index contributed by atoms with van der Waals surface area (Å²) in [6.45, 7) is 14.9. The minimum atomic E-state index is -4.94. The second-order valence-electron chi connectivity index (χ2n) is 6.94. The number of hydrogen-bond donors (Lipinski definition) is 2. The van der Waals surface area contributed by atoms with E-state index in [1.165, 1.54) is 39.3 Å². The first-order valence-electron chi connectivity index (χ1n) is 8.86. The predicted molar refractivity (Wildman–Crippen MR) is 76.6 cm³/mol. The molecule has 1 radical (unpaired) electrons. The van der Waals surface area contributed by atoms with E-state index in [1.807, 2.05) is 0 Å². The molecule has 3 heterocycles. The molecule has 0 aromatic carbocycles. The Morgan fingerprint density at radius 2 is 0.967 bits per heavy atom. The zero-order valence-electron chi connectivity index (χ0n) is 16.5. The Balaban J connectivity index is 0.000000646. The molecule has 0 aromatic rings. The Morgan fingerprint density at radius 1 is 0.633 bits per heavy atom. The summed E-state index contributed by atoms with van der Waals surface area (Å²) >= 11 is 0. The van der Waals surface area contributed by atoms with E-state index in [0.29, 0.717) is 6.04 Å². The van der Waals surface area contributed by atoms with Gasteiger partial charge in [0.2, 0.25) is 0 Å². The SMILES string of the molecule is C[C@H]1CNCN2CCN(CCN3CCN(CN1)C3)C2.[Cu+2].[O-][Cl+3]([O-])([O-])[O-].[O-][Cl+3]([O-])([O-])[O-]. The maximum Gasteiger partial charge on any atom is 2.00 e. The Kier molecular flexibility index (Phi) is 14.9. The molecule has 3 fully saturated rings. The van der Waals surface area contributed by atoms with Gasteiger partial charge in [-0.2, -0.15) is 0 Å². The zero-order valence-corrected chi connectivity index (χ0v) is 18.9. The standard InChI is InChI=1S/C13H28N6.2ClHO4.Cu/c1-13-8-14-9-18-6-4-16(11-18)2-3-17-5-7-19(12-17)10-15-13;2*2-1(3,4)5;/h13-15H,2-12H2,1H3;2*(H,2,3,4,5);/q;;;+2/p-2/t13-;;;/m0.../s1. The van der Waals surface area contributed by atoms with Crippen molar-refractivity contribution in [1.29, 1.82) is 0 Å². The van der Waals surface area contributed by atoms with E-state index in [-0.39, 0.29) is 17.1 Å². The number of nitrogens with one attached hydrogen (secondary N) is 2. The van der Waals surface area contributed by atoms with Gasteiger partial charge < -0.3 is 10.6 Å². The maximum atomic E-state index is 8.49. The molecule has 0 amide bonds. The molecule has 5 atom stereocenters. The summed E-state index contributed by atoms with van der Waals surface area (Å²) < 4.78 is 67.9. The minimum absolute atomic E-state index is 0. The predicted octanol–water partition coefficient (Wildman–Crippen LogP) is -10.9. The van der Waals surface area contributed by atoms with Crippen molar-refractivity contribution in [3.05, 3.63) is 0 Å². The normalized spacial score (nSPS) is 32.5. The van der Waals surface area contributed by atoms with Crippen molar-refractivity contribution in [3.63, 3.8) is 0 Å². The van der Waals surface area contributed by atoms with Gasteiger partial charge in [-0.15, -0.1) is 20.5 Å². The van der Waals surface area contributed by atoms with Crippen LogP contribution in [0.3, 0.4) is 0 Å². The van der Waals surface area contributed by atoms with Gasteiger partial charge in [-0.25, -0.2) is 37.3 Å². The molecule has 0 spiro atoms. The van der Waals surface area contributed by atoms with Crippen molar-refractivity contribution in [2.75, 3.05) is 72.5 Å². The van der Waals surface area contributed by atoms with Crippen molar-refractivity contribution in [1.82, 2.24) is 30.2 Å². The van der Waals surface area contributed by atoms with Gasteiger partial charge in [-0.05, 0) is 6.92 Å². The van der Waals surface area contributed by atoms with E-state index in [4.69, 9.17) is 37.3 Å². The van der Waals surface area contributed by atoms with Gasteiger partial charge in [0.05, 0.1) is 13.3 Å².